The number of aryl methyl sites for hydroxylation is 2. The van der Waals surface area contributed by atoms with Crippen LogP contribution in [0.3, 0.4) is 0 Å². The fourth-order valence-electron chi connectivity index (χ4n) is 3.11. The number of hydrogen-bond acceptors (Lipinski definition) is 5. The number of nitrogens with zero attached hydrogens (tertiary/aromatic N) is 4. The molecule has 0 unspecified atom stereocenters. The van der Waals surface area contributed by atoms with Gasteiger partial charge in [0.1, 0.15) is 5.75 Å². The summed E-state index contributed by atoms with van der Waals surface area (Å²) in [7, 11) is 0. The average Bonchev–Trinajstić information content (AvgIpc) is 2.67. The van der Waals surface area contributed by atoms with Crippen molar-refractivity contribution in [3.63, 3.8) is 0 Å². The maximum absolute atomic E-state index is 9.73. The molecule has 1 aromatic heterocycles. The second-order valence-electron chi connectivity index (χ2n) is 6.72. The van der Waals surface area contributed by atoms with Crippen LogP contribution in [0.4, 0.5) is 0 Å². The summed E-state index contributed by atoms with van der Waals surface area (Å²) in [5, 5.41) is 13.3. The van der Waals surface area contributed by atoms with Gasteiger partial charge in [0.05, 0.1) is 5.56 Å². The largest absolute Gasteiger partial charge is 0.438 e. The number of aromatic nitrogens is 1. The number of amidine groups is 1. The van der Waals surface area contributed by atoms with Crippen LogP contribution >= 0.6 is 0 Å². The van der Waals surface area contributed by atoms with Crippen molar-refractivity contribution in [2.24, 2.45) is 5.16 Å². The van der Waals surface area contributed by atoms with E-state index in [1.807, 2.05) is 56.3 Å². The number of pyridine rings is 1. The highest BCUT2D eigenvalue weighted by atomic mass is 16.5. The summed E-state index contributed by atoms with van der Waals surface area (Å²) in [6.45, 7) is 11.9. The highest BCUT2D eigenvalue weighted by molar-refractivity contribution is 6.00. The van der Waals surface area contributed by atoms with E-state index in [0.29, 0.717) is 23.0 Å². The second kappa shape index (κ2) is 8.68. The Hall–Kier alpha value is -2.86. The van der Waals surface area contributed by atoms with Crippen molar-refractivity contribution >= 4 is 5.84 Å². The smallest absolute Gasteiger partial charge is 0.230 e. The topological polar surface area (TPSA) is 61.2 Å². The lowest BCUT2D eigenvalue weighted by molar-refractivity contribution is 0.192. The predicted octanol–water partition coefficient (Wildman–Crippen LogP) is 3.43. The molecule has 142 valence electrons. The lowest BCUT2D eigenvalue weighted by Crippen LogP contribution is -2.49. The summed E-state index contributed by atoms with van der Waals surface area (Å²) in [6, 6.07) is 11.6. The molecule has 6 nitrogen and oxygen atoms in total. The molecule has 1 fully saturated rings. The summed E-state index contributed by atoms with van der Waals surface area (Å²) >= 11 is 0. The molecular formula is C21H26N4O2. The first-order chi connectivity index (χ1) is 13.1. The Balaban J connectivity index is 1.84. The Morgan fingerprint density at radius 3 is 2.48 bits per heavy atom. The first kappa shape index (κ1) is 18.9. The molecule has 1 aliphatic heterocycles. The molecule has 27 heavy (non-hydrogen) atoms. The maximum Gasteiger partial charge on any atom is 0.230 e. The van der Waals surface area contributed by atoms with Gasteiger partial charge < -0.3 is 14.8 Å². The molecule has 0 radical (unpaired) electrons. The van der Waals surface area contributed by atoms with Gasteiger partial charge in [0, 0.05) is 38.4 Å². The molecule has 2 heterocycles. The van der Waals surface area contributed by atoms with Crippen LogP contribution < -0.4 is 4.74 Å². The predicted molar refractivity (Wildman–Crippen MR) is 107 cm³/mol. The van der Waals surface area contributed by atoms with E-state index in [2.05, 4.69) is 26.5 Å². The minimum absolute atomic E-state index is 0.445. The van der Waals surface area contributed by atoms with E-state index in [4.69, 9.17) is 4.74 Å². The quantitative estimate of drug-likeness (QED) is 0.289. The Morgan fingerprint density at radius 2 is 1.85 bits per heavy atom. The van der Waals surface area contributed by atoms with Crippen LogP contribution in [-0.2, 0) is 0 Å². The lowest BCUT2D eigenvalue weighted by Gasteiger charge is -2.35. The van der Waals surface area contributed by atoms with Gasteiger partial charge in [0.2, 0.25) is 5.88 Å². The van der Waals surface area contributed by atoms with E-state index in [0.717, 1.165) is 44.0 Å². The minimum Gasteiger partial charge on any atom is -0.438 e. The second-order valence-corrected chi connectivity index (χ2v) is 6.72. The zero-order valence-corrected chi connectivity index (χ0v) is 15.9. The Labute approximate surface area is 160 Å². The van der Waals surface area contributed by atoms with E-state index < -0.39 is 0 Å². The molecule has 0 saturated carbocycles. The van der Waals surface area contributed by atoms with Crippen molar-refractivity contribution in [2.75, 3.05) is 32.7 Å². The van der Waals surface area contributed by atoms with Crippen LogP contribution in [0, 0.1) is 13.8 Å². The number of hydrogen-bond donors (Lipinski definition) is 1. The SMILES string of the molecule is C=CCN1CCN(/C(=N\O)c2ccc(C)nc2Oc2ccc(C)cc2)CC1. The van der Waals surface area contributed by atoms with Crippen molar-refractivity contribution in [2.45, 2.75) is 13.8 Å². The summed E-state index contributed by atoms with van der Waals surface area (Å²) in [4.78, 5) is 8.91. The Morgan fingerprint density at radius 1 is 1.15 bits per heavy atom. The molecular weight excluding hydrogens is 340 g/mol. The molecule has 0 bridgehead atoms. The summed E-state index contributed by atoms with van der Waals surface area (Å²) in [5.41, 5.74) is 2.68. The number of ether oxygens (including phenoxy) is 1. The van der Waals surface area contributed by atoms with E-state index in [9.17, 15) is 5.21 Å². The van der Waals surface area contributed by atoms with Crippen LogP contribution in [0.1, 0.15) is 16.8 Å². The van der Waals surface area contributed by atoms with Crippen molar-refractivity contribution < 1.29 is 9.94 Å². The summed E-state index contributed by atoms with van der Waals surface area (Å²) in [6.07, 6.45) is 1.91. The molecule has 3 rings (SSSR count). The Kier molecular flexibility index (Phi) is 6.08. The third kappa shape index (κ3) is 4.65. The standard InChI is InChI=1S/C21H26N4O2/c1-4-11-24-12-14-25(15-13-24)20(23-26)19-10-7-17(3)22-21(19)27-18-8-5-16(2)6-9-18/h4-10,26H,1,11-15H2,2-3H3/b23-20-. The Bertz CT molecular complexity index is 809. The molecule has 2 aromatic rings. The van der Waals surface area contributed by atoms with Gasteiger partial charge in [0.25, 0.3) is 0 Å². The number of rotatable bonds is 5. The summed E-state index contributed by atoms with van der Waals surface area (Å²) < 4.78 is 6.03. The van der Waals surface area contributed by atoms with Crippen molar-refractivity contribution in [3.8, 4) is 11.6 Å². The lowest BCUT2D eigenvalue weighted by atomic mass is 10.2. The zero-order chi connectivity index (χ0) is 19.2. The highest BCUT2D eigenvalue weighted by Gasteiger charge is 2.24. The first-order valence-corrected chi connectivity index (χ1v) is 9.13. The van der Waals surface area contributed by atoms with Crippen LogP contribution in [0.5, 0.6) is 11.6 Å². The molecule has 0 amide bonds. The van der Waals surface area contributed by atoms with Gasteiger partial charge in [-0.3, -0.25) is 4.90 Å². The van der Waals surface area contributed by atoms with Gasteiger partial charge in [-0.15, -0.1) is 6.58 Å². The van der Waals surface area contributed by atoms with Gasteiger partial charge in [-0.25, -0.2) is 4.98 Å². The van der Waals surface area contributed by atoms with E-state index >= 15 is 0 Å². The number of oxime groups is 1. The fraction of sp³-hybridized carbons (Fsp3) is 0.333. The van der Waals surface area contributed by atoms with Crippen LogP contribution in [0.25, 0.3) is 0 Å². The third-order valence-electron chi connectivity index (χ3n) is 4.63. The van der Waals surface area contributed by atoms with Crippen molar-refractivity contribution in [3.05, 3.63) is 65.9 Å². The van der Waals surface area contributed by atoms with Crippen molar-refractivity contribution in [1.29, 1.82) is 0 Å². The molecule has 0 aliphatic carbocycles. The van der Waals surface area contributed by atoms with E-state index in [1.165, 1.54) is 0 Å². The molecule has 1 saturated heterocycles. The molecule has 1 aliphatic rings. The first-order valence-electron chi connectivity index (χ1n) is 9.13. The highest BCUT2D eigenvalue weighted by Crippen LogP contribution is 2.26. The molecule has 1 N–H and O–H groups in total. The van der Waals surface area contributed by atoms with Gasteiger partial charge in [-0.1, -0.05) is 28.9 Å². The van der Waals surface area contributed by atoms with Crippen LogP contribution in [0.2, 0.25) is 0 Å². The van der Waals surface area contributed by atoms with Crippen molar-refractivity contribution in [1.82, 2.24) is 14.8 Å². The average molecular weight is 366 g/mol. The van der Waals surface area contributed by atoms with Gasteiger partial charge in [0.15, 0.2) is 5.84 Å². The molecule has 1 aromatic carbocycles. The molecule has 0 spiro atoms. The maximum atomic E-state index is 9.73. The minimum atomic E-state index is 0.445. The van der Waals surface area contributed by atoms with Gasteiger partial charge in [-0.2, -0.15) is 0 Å². The van der Waals surface area contributed by atoms with Crippen LogP contribution in [0.15, 0.2) is 54.2 Å². The third-order valence-corrected chi connectivity index (χ3v) is 4.63. The summed E-state index contributed by atoms with van der Waals surface area (Å²) in [5.74, 6) is 1.64. The zero-order valence-electron chi connectivity index (χ0n) is 15.9. The number of benzene rings is 1. The van der Waals surface area contributed by atoms with E-state index in [-0.39, 0.29) is 0 Å². The fourth-order valence-corrected chi connectivity index (χ4v) is 3.11. The molecule has 6 heteroatoms. The van der Waals surface area contributed by atoms with Crippen LogP contribution in [-0.4, -0.2) is 58.6 Å². The van der Waals surface area contributed by atoms with Gasteiger partial charge >= 0.3 is 0 Å². The number of piperazine rings is 1. The monoisotopic (exact) mass is 366 g/mol. The van der Waals surface area contributed by atoms with Gasteiger partial charge in [-0.05, 0) is 38.1 Å². The molecule has 0 atom stereocenters. The normalized spacial score (nSPS) is 15.6. The van der Waals surface area contributed by atoms with E-state index in [1.54, 1.807) is 0 Å².